The van der Waals surface area contributed by atoms with E-state index in [0.717, 1.165) is 84.1 Å². The lowest BCUT2D eigenvalue weighted by Crippen LogP contribution is -2.38. The molecule has 2 aromatic carbocycles. The Labute approximate surface area is 235 Å². The summed E-state index contributed by atoms with van der Waals surface area (Å²) < 4.78 is 6.59. The Bertz CT molecular complexity index is 1510. The first kappa shape index (κ1) is 26.4. The minimum atomic E-state index is 0.175. The average Bonchev–Trinajstić information content (AvgIpc) is 3.41. The number of Topliss-reactive ketones (excluding diaryl/α,β-unsaturated/α-hetero) is 1. The number of aromatic nitrogens is 3. The van der Waals surface area contributed by atoms with Crippen LogP contribution in [0.2, 0.25) is 0 Å². The minimum absolute atomic E-state index is 0.175. The molecule has 0 bridgehead atoms. The van der Waals surface area contributed by atoms with E-state index in [1.54, 1.807) is 12.4 Å². The highest BCUT2D eigenvalue weighted by Gasteiger charge is 2.29. The standard InChI is InChI=1S/C33H37N5O2/c1-21-7-3-10-25(21)30(39)19-23-8-4-11-27-26(23)14-13-22(2)31(27)40-32-28(12-6-17-35-32)29-15-18-36-33(38-29)37-24-9-5-16-34-20-24/h4,6,8,11-15,17-18,21,24-25,34H,3,5,7,9-10,16,19-20H2,1-2H3,(H,36,37,38)/t21?,24-,25+/m0/s1. The van der Waals surface area contributed by atoms with E-state index in [-0.39, 0.29) is 5.92 Å². The summed E-state index contributed by atoms with van der Waals surface area (Å²) in [7, 11) is 0. The number of carbonyl (C=O) groups is 1. The summed E-state index contributed by atoms with van der Waals surface area (Å²) >= 11 is 0. The zero-order chi connectivity index (χ0) is 27.5. The summed E-state index contributed by atoms with van der Waals surface area (Å²) in [6, 6.07) is 16.4. The molecule has 0 spiro atoms. The highest BCUT2D eigenvalue weighted by Crippen LogP contribution is 2.38. The van der Waals surface area contributed by atoms with Crippen molar-refractivity contribution >= 4 is 22.5 Å². The predicted octanol–water partition coefficient (Wildman–Crippen LogP) is 6.50. The van der Waals surface area contributed by atoms with Crippen molar-refractivity contribution in [1.29, 1.82) is 0 Å². The Morgan fingerprint density at radius 3 is 2.75 bits per heavy atom. The summed E-state index contributed by atoms with van der Waals surface area (Å²) in [5.41, 5.74) is 3.61. The first-order valence-corrected chi connectivity index (χ1v) is 14.5. The molecule has 206 valence electrons. The molecule has 1 aliphatic heterocycles. The van der Waals surface area contributed by atoms with Gasteiger partial charge in [-0.1, -0.05) is 43.7 Å². The van der Waals surface area contributed by atoms with Gasteiger partial charge in [0.1, 0.15) is 11.5 Å². The van der Waals surface area contributed by atoms with Crippen LogP contribution in [0.25, 0.3) is 22.0 Å². The lowest BCUT2D eigenvalue weighted by Gasteiger charge is -2.23. The minimum Gasteiger partial charge on any atom is -0.437 e. The van der Waals surface area contributed by atoms with Crippen molar-refractivity contribution in [2.75, 3.05) is 18.4 Å². The molecule has 1 saturated heterocycles. The van der Waals surface area contributed by atoms with Crippen LogP contribution in [0.3, 0.4) is 0 Å². The third-order valence-electron chi connectivity index (χ3n) is 8.47. The quantitative estimate of drug-likeness (QED) is 0.266. The molecule has 6 rings (SSSR count). The Hall–Kier alpha value is -3.84. The van der Waals surface area contributed by atoms with Gasteiger partial charge in [-0.05, 0) is 79.8 Å². The Morgan fingerprint density at radius 1 is 1.00 bits per heavy atom. The largest absolute Gasteiger partial charge is 0.437 e. The highest BCUT2D eigenvalue weighted by molar-refractivity contribution is 5.96. The number of ether oxygens (including phenoxy) is 1. The number of carbonyl (C=O) groups excluding carboxylic acids is 1. The number of anilines is 1. The normalized spacial score (nSPS) is 20.9. The van der Waals surface area contributed by atoms with Crippen LogP contribution in [0.5, 0.6) is 11.6 Å². The number of benzene rings is 2. The molecule has 1 aliphatic carbocycles. The van der Waals surface area contributed by atoms with Gasteiger partial charge in [-0.2, -0.15) is 0 Å². The van der Waals surface area contributed by atoms with E-state index < -0.39 is 0 Å². The summed E-state index contributed by atoms with van der Waals surface area (Å²) in [5, 5.41) is 8.92. The molecule has 7 heteroatoms. The second kappa shape index (κ2) is 11.7. The molecule has 3 atom stereocenters. The fourth-order valence-electron chi connectivity index (χ4n) is 6.24. The second-order valence-corrected chi connectivity index (χ2v) is 11.3. The van der Waals surface area contributed by atoms with Gasteiger partial charge >= 0.3 is 0 Å². The zero-order valence-electron chi connectivity index (χ0n) is 23.3. The lowest BCUT2D eigenvalue weighted by atomic mass is 9.88. The fourth-order valence-corrected chi connectivity index (χ4v) is 6.24. The molecule has 7 nitrogen and oxygen atoms in total. The van der Waals surface area contributed by atoms with E-state index in [0.29, 0.717) is 36.0 Å². The number of ketones is 1. The van der Waals surface area contributed by atoms with Crippen LogP contribution < -0.4 is 15.4 Å². The number of pyridine rings is 1. The Balaban J connectivity index is 1.30. The first-order valence-electron chi connectivity index (χ1n) is 14.5. The van der Waals surface area contributed by atoms with Crippen LogP contribution in [-0.2, 0) is 11.2 Å². The maximum Gasteiger partial charge on any atom is 0.228 e. The van der Waals surface area contributed by atoms with Gasteiger partial charge in [-0.25, -0.2) is 15.0 Å². The highest BCUT2D eigenvalue weighted by atomic mass is 16.5. The fraction of sp³-hybridized carbons (Fsp3) is 0.394. The van der Waals surface area contributed by atoms with Gasteiger partial charge in [0.05, 0.1) is 11.3 Å². The van der Waals surface area contributed by atoms with E-state index in [9.17, 15) is 4.79 Å². The third kappa shape index (κ3) is 5.56. The molecular weight excluding hydrogens is 498 g/mol. The molecule has 3 heterocycles. The molecule has 2 aromatic heterocycles. The van der Waals surface area contributed by atoms with Crippen molar-refractivity contribution < 1.29 is 9.53 Å². The SMILES string of the molecule is Cc1ccc2c(CC(=O)[C@@H]3CCCC3C)cccc2c1Oc1ncccc1-c1ccnc(N[C@H]2CCCNC2)n1. The monoisotopic (exact) mass is 535 g/mol. The molecule has 40 heavy (non-hydrogen) atoms. The molecule has 2 fully saturated rings. The van der Waals surface area contributed by atoms with E-state index in [4.69, 9.17) is 9.72 Å². The Morgan fingerprint density at radius 2 is 1.93 bits per heavy atom. The van der Waals surface area contributed by atoms with Crippen molar-refractivity contribution in [2.45, 2.75) is 58.4 Å². The number of hydrogen-bond acceptors (Lipinski definition) is 7. The smallest absolute Gasteiger partial charge is 0.228 e. The molecular formula is C33H37N5O2. The van der Waals surface area contributed by atoms with Gasteiger partial charge < -0.3 is 15.4 Å². The number of nitrogens with zero attached hydrogens (tertiary/aromatic N) is 3. The maximum atomic E-state index is 13.2. The molecule has 2 N–H and O–H groups in total. The average molecular weight is 536 g/mol. The lowest BCUT2D eigenvalue weighted by molar-refractivity contribution is -0.123. The zero-order valence-corrected chi connectivity index (χ0v) is 23.3. The molecule has 1 unspecified atom stereocenters. The predicted molar refractivity (Wildman–Crippen MR) is 159 cm³/mol. The van der Waals surface area contributed by atoms with Crippen LogP contribution in [0.4, 0.5) is 5.95 Å². The number of rotatable bonds is 8. The summed E-state index contributed by atoms with van der Waals surface area (Å²) in [5.74, 6) is 2.85. The summed E-state index contributed by atoms with van der Waals surface area (Å²) in [4.78, 5) is 27.1. The van der Waals surface area contributed by atoms with Crippen LogP contribution in [0.15, 0.2) is 60.9 Å². The van der Waals surface area contributed by atoms with Crippen molar-refractivity contribution in [1.82, 2.24) is 20.3 Å². The van der Waals surface area contributed by atoms with Crippen molar-refractivity contribution in [3.8, 4) is 22.9 Å². The second-order valence-electron chi connectivity index (χ2n) is 11.3. The molecule has 4 aromatic rings. The van der Waals surface area contributed by atoms with E-state index in [1.165, 1.54) is 0 Å². The molecule has 0 amide bonds. The van der Waals surface area contributed by atoms with E-state index in [2.05, 4.69) is 51.8 Å². The van der Waals surface area contributed by atoms with Gasteiger partial charge in [-0.15, -0.1) is 0 Å². The number of nitrogens with one attached hydrogen (secondary N) is 2. The third-order valence-corrected chi connectivity index (χ3v) is 8.47. The summed E-state index contributed by atoms with van der Waals surface area (Å²) in [6.07, 6.45) is 9.51. The molecule has 2 aliphatic rings. The molecule has 1 saturated carbocycles. The molecule has 0 radical (unpaired) electrons. The van der Waals surface area contributed by atoms with Crippen LogP contribution in [0, 0.1) is 18.8 Å². The number of piperidine rings is 1. The number of aryl methyl sites for hydroxylation is 1. The van der Waals surface area contributed by atoms with Gasteiger partial charge in [-0.3, -0.25) is 4.79 Å². The van der Waals surface area contributed by atoms with E-state index >= 15 is 0 Å². The van der Waals surface area contributed by atoms with Gasteiger partial charge in [0.15, 0.2) is 0 Å². The van der Waals surface area contributed by atoms with E-state index in [1.807, 2.05) is 31.2 Å². The van der Waals surface area contributed by atoms with Crippen LogP contribution in [0.1, 0.15) is 50.2 Å². The summed E-state index contributed by atoms with van der Waals surface area (Å²) in [6.45, 7) is 6.21. The van der Waals surface area contributed by atoms with Crippen molar-refractivity contribution in [3.63, 3.8) is 0 Å². The van der Waals surface area contributed by atoms with Crippen molar-refractivity contribution in [2.24, 2.45) is 11.8 Å². The maximum absolute atomic E-state index is 13.2. The van der Waals surface area contributed by atoms with Crippen molar-refractivity contribution in [3.05, 3.63) is 72.1 Å². The van der Waals surface area contributed by atoms with Gasteiger partial charge in [0.25, 0.3) is 0 Å². The van der Waals surface area contributed by atoms with Crippen LogP contribution in [-0.4, -0.2) is 39.9 Å². The van der Waals surface area contributed by atoms with Gasteiger partial charge in [0.2, 0.25) is 11.8 Å². The first-order chi connectivity index (χ1) is 19.6. The number of fused-ring (bicyclic) bond motifs is 1. The topological polar surface area (TPSA) is 89.0 Å². The number of hydrogen-bond donors (Lipinski definition) is 2. The van der Waals surface area contributed by atoms with Gasteiger partial charge in [0, 0.05) is 42.7 Å². The Kier molecular flexibility index (Phi) is 7.73. The van der Waals surface area contributed by atoms with Crippen LogP contribution >= 0.6 is 0 Å².